The molecule has 2 aromatic rings. The number of hydrogen-bond donors (Lipinski definition) is 2. The lowest BCUT2D eigenvalue weighted by molar-refractivity contribution is -0.115. The summed E-state index contributed by atoms with van der Waals surface area (Å²) < 4.78 is 16.7. The van der Waals surface area contributed by atoms with Crippen LogP contribution in [0, 0.1) is 12.3 Å². The number of nitrogens with one attached hydrogen (secondary N) is 2. The molecule has 146 valence electrons. The molecule has 3 rings (SSSR count). The number of hydrogen-bond acceptors (Lipinski definition) is 6. The maximum absolute atomic E-state index is 11.6. The molecule has 6 nitrogen and oxygen atoms in total. The van der Waals surface area contributed by atoms with Gasteiger partial charge in [0.2, 0.25) is 0 Å². The van der Waals surface area contributed by atoms with Crippen molar-refractivity contribution in [1.29, 1.82) is 5.41 Å². The maximum Gasteiger partial charge on any atom is 0.264 e. The number of carbonyl (C=O) groups is 1. The van der Waals surface area contributed by atoms with Gasteiger partial charge in [-0.05, 0) is 54.6 Å². The van der Waals surface area contributed by atoms with Crippen LogP contribution in [0.2, 0.25) is 0 Å². The van der Waals surface area contributed by atoms with Gasteiger partial charge in [0.1, 0.15) is 24.7 Å². The predicted octanol–water partition coefficient (Wildman–Crippen LogP) is 3.61. The van der Waals surface area contributed by atoms with Gasteiger partial charge >= 0.3 is 0 Å². The van der Waals surface area contributed by atoms with E-state index in [2.05, 4.69) is 5.32 Å². The van der Waals surface area contributed by atoms with Gasteiger partial charge in [-0.2, -0.15) is 0 Å². The Balaban J connectivity index is 1.32. The fraction of sp³-hybridized carbons (Fsp3) is 0.238. The van der Waals surface area contributed by atoms with Crippen molar-refractivity contribution in [1.82, 2.24) is 5.32 Å². The lowest BCUT2D eigenvalue weighted by Crippen LogP contribution is -2.18. The summed E-state index contributed by atoms with van der Waals surface area (Å²) in [6.45, 7) is 3.95. The zero-order valence-corrected chi connectivity index (χ0v) is 16.4. The van der Waals surface area contributed by atoms with Crippen molar-refractivity contribution in [2.24, 2.45) is 0 Å². The maximum atomic E-state index is 11.6. The van der Waals surface area contributed by atoms with Crippen LogP contribution in [-0.2, 0) is 9.53 Å². The summed E-state index contributed by atoms with van der Waals surface area (Å²) >= 11 is 1.12. The quantitative estimate of drug-likeness (QED) is 0.498. The average Bonchev–Trinajstić information content (AvgIpc) is 3.00. The Labute approximate surface area is 168 Å². The first-order valence-electron chi connectivity index (χ1n) is 8.90. The summed E-state index contributed by atoms with van der Waals surface area (Å²) in [6.07, 6.45) is 1.75. The highest BCUT2D eigenvalue weighted by Gasteiger charge is 2.21. The molecule has 1 aliphatic heterocycles. The summed E-state index contributed by atoms with van der Waals surface area (Å²) in [7, 11) is 0. The second-order valence-electron chi connectivity index (χ2n) is 6.09. The summed E-state index contributed by atoms with van der Waals surface area (Å²) in [6, 6.07) is 15.3. The molecular formula is C21H22N2O4S. The number of thioether (sulfide) groups is 1. The van der Waals surface area contributed by atoms with E-state index in [-0.39, 0.29) is 11.1 Å². The smallest absolute Gasteiger partial charge is 0.264 e. The van der Waals surface area contributed by atoms with E-state index < -0.39 is 0 Å². The van der Waals surface area contributed by atoms with Crippen molar-refractivity contribution >= 4 is 28.9 Å². The Morgan fingerprint density at radius 3 is 2.04 bits per heavy atom. The minimum absolute atomic E-state index is 0.153. The van der Waals surface area contributed by atoms with Crippen molar-refractivity contribution in [2.45, 2.75) is 6.92 Å². The normalized spacial score (nSPS) is 15.0. The number of carbonyl (C=O) groups excluding carboxylic acids is 1. The second kappa shape index (κ2) is 9.96. The molecule has 0 bridgehead atoms. The summed E-state index contributed by atoms with van der Waals surface area (Å²) in [5, 5.41) is 10.1. The fourth-order valence-corrected chi connectivity index (χ4v) is 3.13. The van der Waals surface area contributed by atoms with Crippen LogP contribution in [0.25, 0.3) is 6.08 Å². The SMILES string of the molecule is Cc1ccc(OCCOCCOc2ccc(/C=C3\SC(=N)NC3=O)cc2)cc1. The molecule has 0 aromatic heterocycles. The van der Waals surface area contributed by atoms with Gasteiger partial charge < -0.3 is 19.5 Å². The van der Waals surface area contributed by atoms with Crippen LogP contribution in [0.3, 0.4) is 0 Å². The highest BCUT2D eigenvalue weighted by atomic mass is 32.2. The van der Waals surface area contributed by atoms with Crippen LogP contribution in [0.4, 0.5) is 0 Å². The Hall–Kier alpha value is -2.77. The Morgan fingerprint density at radius 2 is 1.50 bits per heavy atom. The van der Waals surface area contributed by atoms with Gasteiger partial charge in [-0.25, -0.2) is 0 Å². The summed E-state index contributed by atoms with van der Waals surface area (Å²) in [4.78, 5) is 12.1. The van der Waals surface area contributed by atoms with Gasteiger partial charge in [-0.3, -0.25) is 10.2 Å². The van der Waals surface area contributed by atoms with Crippen molar-refractivity contribution in [3.8, 4) is 11.5 Å². The molecule has 0 atom stereocenters. The number of rotatable bonds is 9. The molecule has 1 amide bonds. The average molecular weight is 398 g/mol. The monoisotopic (exact) mass is 398 g/mol. The Kier molecular flexibility index (Phi) is 7.11. The molecule has 0 aliphatic carbocycles. The first-order chi connectivity index (χ1) is 13.6. The van der Waals surface area contributed by atoms with Gasteiger partial charge in [0, 0.05) is 0 Å². The molecule has 7 heteroatoms. The van der Waals surface area contributed by atoms with Gasteiger partial charge in [0.15, 0.2) is 5.17 Å². The van der Waals surface area contributed by atoms with E-state index in [0.29, 0.717) is 31.3 Å². The van der Waals surface area contributed by atoms with E-state index in [9.17, 15) is 4.79 Å². The van der Waals surface area contributed by atoms with E-state index in [4.69, 9.17) is 19.6 Å². The van der Waals surface area contributed by atoms with Crippen molar-refractivity contribution in [3.63, 3.8) is 0 Å². The van der Waals surface area contributed by atoms with Crippen LogP contribution in [0.1, 0.15) is 11.1 Å². The molecule has 1 heterocycles. The van der Waals surface area contributed by atoms with Gasteiger partial charge in [-0.1, -0.05) is 29.8 Å². The first-order valence-corrected chi connectivity index (χ1v) is 9.71. The molecule has 0 spiro atoms. The van der Waals surface area contributed by atoms with Gasteiger partial charge in [0.25, 0.3) is 5.91 Å². The summed E-state index contributed by atoms with van der Waals surface area (Å²) in [5.74, 6) is 1.34. The van der Waals surface area contributed by atoms with Crippen LogP contribution >= 0.6 is 11.8 Å². The van der Waals surface area contributed by atoms with Gasteiger partial charge in [-0.15, -0.1) is 0 Å². The highest BCUT2D eigenvalue weighted by molar-refractivity contribution is 8.18. The molecule has 28 heavy (non-hydrogen) atoms. The topological polar surface area (TPSA) is 80.6 Å². The molecule has 0 radical (unpaired) electrons. The minimum atomic E-state index is -0.237. The second-order valence-corrected chi connectivity index (χ2v) is 7.14. The standard InChI is InChI=1S/C21H22N2O4S/c1-15-2-6-17(7-3-15)26-12-10-25-11-13-27-18-8-4-16(5-9-18)14-19-20(24)23-21(22)28-19/h2-9,14H,10-13H2,1H3,(H2,22,23,24)/b19-14-. The van der Waals surface area contributed by atoms with Crippen molar-refractivity contribution in [2.75, 3.05) is 26.4 Å². The first kappa shape index (κ1) is 20.0. The van der Waals surface area contributed by atoms with E-state index in [1.54, 1.807) is 6.08 Å². The number of benzene rings is 2. The summed E-state index contributed by atoms with van der Waals surface area (Å²) in [5.41, 5.74) is 2.08. The van der Waals surface area contributed by atoms with Crippen LogP contribution in [0.15, 0.2) is 53.4 Å². The van der Waals surface area contributed by atoms with Crippen molar-refractivity contribution in [3.05, 3.63) is 64.6 Å². The largest absolute Gasteiger partial charge is 0.491 e. The Bertz CT molecular complexity index is 848. The molecule has 2 aromatic carbocycles. The zero-order valence-electron chi connectivity index (χ0n) is 15.6. The Morgan fingerprint density at radius 1 is 0.929 bits per heavy atom. The highest BCUT2D eigenvalue weighted by Crippen LogP contribution is 2.25. The minimum Gasteiger partial charge on any atom is -0.491 e. The van der Waals surface area contributed by atoms with Crippen LogP contribution < -0.4 is 14.8 Å². The lowest BCUT2D eigenvalue weighted by atomic mass is 10.2. The number of amidine groups is 1. The third-order valence-corrected chi connectivity index (χ3v) is 4.68. The van der Waals surface area contributed by atoms with E-state index >= 15 is 0 Å². The van der Waals surface area contributed by atoms with E-state index in [0.717, 1.165) is 28.8 Å². The number of amides is 1. The predicted molar refractivity (Wildman–Crippen MR) is 111 cm³/mol. The molecule has 0 saturated carbocycles. The fourth-order valence-electron chi connectivity index (χ4n) is 2.43. The number of ether oxygens (including phenoxy) is 3. The van der Waals surface area contributed by atoms with Crippen molar-refractivity contribution < 1.29 is 19.0 Å². The molecule has 1 aliphatic rings. The molecule has 2 N–H and O–H groups in total. The van der Waals surface area contributed by atoms with Gasteiger partial charge in [0.05, 0.1) is 18.1 Å². The molecule has 0 unspecified atom stereocenters. The molecule has 1 fully saturated rings. The lowest BCUT2D eigenvalue weighted by Gasteiger charge is -2.09. The van der Waals surface area contributed by atoms with Crippen LogP contribution in [0.5, 0.6) is 11.5 Å². The molecular weight excluding hydrogens is 376 g/mol. The number of aryl methyl sites for hydroxylation is 1. The zero-order chi connectivity index (χ0) is 19.8. The third-order valence-electron chi connectivity index (χ3n) is 3.85. The molecule has 1 saturated heterocycles. The van der Waals surface area contributed by atoms with Crippen LogP contribution in [-0.4, -0.2) is 37.5 Å². The van der Waals surface area contributed by atoms with E-state index in [1.807, 2.05) is 55.5 Å². The van der Waals surface area contributed by atoms with E-state index in [1.165, 1.54) is 5.56 Å². The third kappa shape index (κ3) is 6.14.